The van der Waals surface area contributed by atoms with Gasteiger partial charge in [-0.05, 0) is 0 Å². The van der Waals surface area contributed by atoms with Gasteiger partial charge in [0.15, 0.2) is 0 Å². The second kappa shape index (κ2) is 7.25. The molecule has 0 radical (unpaired) electrons. The van der Waals surface area contributed by atoms with Crippen LogP contribution in [-0.4, -0.2) is 77.4 Å². The minimum Gasteiger partial charge on any atom is -0.480 e. The molecule has 0 saturated carbocycles. The fourth-order valence-corrected chi connectivity index (χ4v) is 2.62. The number of carboxylic acid groups (broad SMARTS) is 2. The lowest BCUT2D eigenvalue weighted by atomic mass is 10.6. The van der Waals surface area contributed by atoms with E-state index in [2.05, 4.69) is 0 Å². The lowest BCUT2D eigenvalue weighted by Gasteiger charge is -2.32. The van der Waals surface area contributed by atoms with Gasteiger partial charge in [0.25, 0.3) is 0 Å². The average Bonchev–Trinajstić information content (AvgIpc) is 2.09. The third-order valence-corrected chi connectivity index (χ3v) is 3.12. The van der Waals surface area contributed by atoms with E-state index in [-0.39, 0.29) is 0 Å². The predicted molar refractivity (Wildman–Crippen MR) is 62.5 cm³/mol. The molecule has 0 saturated heterocycles. The molecule has 0 aromatic heterocycles. The van der Waals surface area contributed by atoms with Gasteiger partial charge in [-0.25, -0.2) is 10.0 Å². The van der Waals surface area contributed by atoms with Crippen molar-refractivity contribution >= 4 is 27.1 Å². The highest BCUT2D eigenvalue weighted by molar-refractivity contribution is 7.52. The standard InChI is InChI=1S/C6H14N2O10P2/c9-5(10)1-7(3-19(13,14)15)8(2-6(11)12)4-20(16,17)18/h1-4H2,(H,9,10)(H,11,12)(H2,13,14,15)(H2,16,17,18). The van der Waals surface area contributed by atoms with E-state index in [1.165, 1.54) is 0 Å². The van der Waals surface area contributed by atoms with Crippen molar-refractivity contribution in [1.29, 1.82) is 0 Å². The van der Waals surface area contributed by atoms with Crippen LogP contribution < -0.4 is 0 Å². The topological polar surface area (TPSA) is 196 Å². The maximum atomic E-state index is 10.9. The van der Waals surface area contributed by atoms with Gasteiger partial charge < -0.3 is 29.8 Å². The molecule has 0 rings (SSSR count). The first kappa shape index (κ1) is 19.2. The van der Waals surface area contributed by atoms with Gasteiger partial charge in [0, 0.05) is 0 Å². The maximum Gasteiger partial charge on any atom is 0.340 e. The number of hydrogen-bond donors (Lipinski definition) is 6. The van der Waals surface area contributed by atoms with Crippen LogP contribution in [0.4, 0.5) is 0 Å². The zero-order chi connectivity index (χ0) is 16.1. The Labute approximate surface area is 112 Å². The molecule has 12 nitrogen and oxygen atoms in total. The first-order valence-electron chi connectivity index (χ1n) is 4.83. The Morgan fingerprint density at radius 3 is 1.15 bits per heavy atom. The van der Waals surface area contributed by atoms with E-state index in [1.807, 2.05) is 0 Å². The minimum absolute atomic E-state index is 0.371. The molecule has 0 aliphatic carbocycles. The van der Waals surface area contributed by atoms with Crippen LogP contribution in [0.3, 0.4) is 0 Å². The van der Waals surface area contributed by atoms with E-state index in [1.54, 1.807) is 0 Å². The first-order chi connectivity index (χ1) is 8.80. The first-order valence-corrected chi connectivity index (χ1v) is 8.42. The summed E-state index contributed by atoms with van der Waals surface area (Å²) in [5.41, 5.74) is 0. The van der Waals surface area contributed by atoms with Gasteiger partial charge in [0.1, 0.15) is 25.7 Å². The Kier molecular flexibility index (Phi) is 6.94. The molecule has 0 aliphatic rings. The van der Waals surface area contributed by atoms with Crippen LogP contribution in [0.25, 0.3) is 0 Å². The fourth-order valence-electron chi connectivity index (χ4n) is 1.22. The molecule has 0 amide bonds. The summed E-state index contributed by atoms with van der Waals surface area (Å²) in [6.45, 7) is -2.06. The summed E-state index contributed by atoms with van der Waals surface area (Å²) in [5, 5.41) is 17.9. The van der Waals surface area contributed by atoms with Crippen molar-refractivity contribution < 1.29 is 48.5 Å². The van der Waals surface area contributed by atoms with E-state index in [9.17, 15) is 18.7 Å². The van der Waals surface area contributed by atoms with Crippen LogP contribution in [0.2, 0.25) is 0 Å². The van der Waals surface area contributed by atoms with E-state index in [0.717, 1.165) is 0 Å². The highest BCUT2D eigenvalue weighted by Gasteiger charge is 2.31. The summed E-state index contributed by atoms with van der Waals surface area (Å²) < 4.78 is 21.7. The SMILES string of the molecule is O=C(O)CN(CP(=O)(O)O)N(CC(=O)O)CP(=O)(O)O. The van der Waals surface area contributed by atoms with Crippen LogP contribution in [0.1, 0.15) is 0 Å². The van der Waals surface area contributed by atoms with Gasteiger partial charge in [-0.2, -0.15) is 0 Å². The smallest absolute Gasteiger partial charge is 0.340 e. The highest BCUT2D eigenvalue weighted by Crippen LogP contribution is 2.39. The molecule has 0 aromatic rings. The molecular formula is C6H14N2O10P2. The summed E-state index contributed by atoms with van der Waals surface area (Å²) in [6, 6.07) is 0. The quantitative estimate of drug-likeness (QED) is 0.199. The lowest BCUT2D eigenvalue weighted by molar-refractivity contribution is -0.150. The fraction of sp³-hybridized carbons (Fsp3) is 0.667. The zero-order valence-electron chi connectivity index (χ0n) is 9.93. The molecule has 14 heteroatoms. The van der Waals surface area contributed by atoms with Crippen LogP contribution >= 0.6 is 15.2 Å². The Hall–Kier alpha value is -0.840. The Morgan fingerprint density at radius 1 is 0.750 bits per heavy atom. The number of rotatable bonds is 9. The summed E-state index contributed by atoms with van der Waals surface area (Å²) in [6.07, 6.45) is -2.38. The molecule has 118 valence electrons. The van der Waals surface area contributed by atoms with Gasteiger partial charge >= 0.3 is 27.1 Å². The molecule has 0 spiro atoms. The molecule has 0 fully saturated rings. The average molecular weight is 336 g/mol. The van der Waals surface area contributed by atoms with Gasteiger partial charge in [-0.1, -0.05) is 0 Å². The molecule has 6 N–H and O–H groups in total. The maximum absolute atomic E-state index is 10.9. The Morgan fingerprint density at radius 2 is 1.00 bits per heavy atom. The van der Waals surface area contributed by atoms with Crippen LogP contribution in [-0.2, 0) is 18.7 Å². The molecule has 0 heterocycles. The van der Waals surface area contributed by atoms with Gasteiger partial charge in [-0.15, -0.1) is 0 Å². The van der Waals surface area contributed by atoms with Crippen molar-refractivity contribution in [2.24, 2.45) is 0 Å². The minimum atomic E-state index is -4.77. The summed E-state index contributed by atoms with van der Waals surface area (Å²) in [7, 11) is -9.53. The van der Waals surface area contributed by atoms with Crippen molar-refractivity contribution in [3.63, 3.8) is 0 Å². The number of hydrazine groups is 1. The third-order valence-electron chi connectivity index (χ3n) is 1.73. The van der Waals surface area contributed by atoms with E-state index >= 15 is 0 Å². The molecule has 0 unspecified atom stereocenters. The monoisotopic (exact) mass is 336 g/mol. The molecular weight excluding hydrogens is 322 g/mol. The number of carbonyl (C=O) groups is 2. The zero-order valence-corrected chi connectivity index (χ0v) is 11.7. The lowest BCUT2D eigenvalue weighted by Crippen LogP contribution is -2.48. The summed E-state index contributed by atoms with van der Waals surface area (Å²) in [5.74, 6) is -3.11. The largest absolute Gasteiger partial charge is 0.480 e. The van der Waals surface area contributed by atoms with Gasteiger partial charge in [0.2, 0.25) is 0 Å². The summed E-state index contributed by atoms with van der Waals surface area (Å²) >= 11 is 0. The van der Waals surface area contributed by atoms with Crippen molar-refractivity contribution in [3.05, 3.63) is 0 Å². The second-order valence-electron chi connectivity index (χ2n) is 3.73. The third kappa shape index (κ3) is 10.0. The van der Waals surface area contributed by atoms with E-state index in [4.69, 9.17) is 29.8 Å². The predicted octanol–water partition coefficient (Wildman–Crippen LogP) is -2.06. The van der Waals surface area contributed by atoms with Crippen molar-refractivity contribution in [2.45, 2.75) is 0 Å². The normalized spacial score (nSPS) is 12.9. The number of nitrogens with zero attached hydrogens (tertiary/aromatic N) is 2. The van der Waals surface area contributed by atoms with Crippen LogP contribution in [0, 0.1) is 0 Å². The highest BCUT2D eigenvalue weighted by atomic mass is 31.2. The number of carboxylic acids is 2. The Bertz CT molecular complexity index is 413. The van der Waals surface area contributed by atoms with E-state index in [0.29, 0.717) is 10.0 Å². The molecule has 0 bridgehead atoms. The summed E-state index contributed by atoms with van der Waals surface area (Å²) in [4.78, 5) is 56.3. The van der Waals surface area contributed by atoms with Gasteiger partial charge in [-0.3, -0.25) is 18.7 Å². The van der Waals surface area contributed by atoms with Crippen molar-refractivity contribution in [1.82, 2.24) is 10.0 Å². The van der Waals surface area contributed by atoms with Gasteiger partial charge in [0.05, 0.1) is 0 Å². The van der Waals surface area contributed by atoms with Crippen LogP contribution in [0.15, 0.2) is 0 Å². The number of aliphatic carboxylic acids is 2. The molecule has 0 atom stereocenters. The number of hydrogen-bond acceptors (Lipinski definition) is 6. The second-order valence-corrected chi connectivity index (χ2v) is 6.95. The van der Waals surface area contributed by atoms with Crippen LogP contribution in [0.5, 0.6) is 0 Å². The van der Waals surface area contributed by atoms with Crippen molar-refractivity contribution in [3.8, 4) is 0 Å². The molecule has 0 aromatic carbocycles. The Balaban J connectivity index is 5.25. The van der Waals surface area contributed by atoms with E-state index < -0.39 is 52.8 Å². The molecule has 20 heavy (non-hydrogen) atoms. The van der Waals surface area contributed by atoms with Crippen molar-refractivity contribution in [2.75, 3.05) is 25.7 Å². The molecule has 0 aliphatic heterocycles.